The van der Waals surface area contributed by atoms with Crippen LogP contribution in [0.5, 0.6) is 0 Å². The molecule has 2 N–H and O–H groups in total. The molecule has 0 radical (unpaired) electrons. The first-order valence-electron chi connectivity index (χ1n) is 4.93. The van der Waals surface area contributed by atoms with Crippen LogP contribution in [0.3, 0.4) is 0 Å². The molecule has 15 heavy (non-hydrogen) atoms. The molecule has 0 saturated heterocycles. The van der Waals surface area contributed by atoms with Gasteiger partial charge in [0, 0.05) is 24.2 Å². The van der Waals surface area contributed by atoms with Crippen LogP contribution in [0.4, 0.5) is 0 Å². The van der Waals surface area contributed by atoms with Gasteiger partial charge in [-0.15, -0.1) is 0 Å². The zero-order valence-electron chi connectivity index (χ0n) is 9.06. The lowest BCUT2D eigenvalue weighted by atomic mass is 10.0. The number of hydrogen-bond acceptors (Lipinski definition) is 3. The Labute approximate surface area is 89.4 Å². The lowest BCUT2D eigenvalue weighted by molar-refractivity contribution is -0.134. The summed E-state index contributed by atoms with van der Waals surface area (Å²) in [6.45, 7) is 7.42. The number of nitrogens with zero attached hydrogens (tertiary/aromatic N) is 1. The van der Waals surface area contributed by atoms with E-state index in [2.05, 4.69) is 6.58 Å². The van der Waals surface area contributed by atoms with Crippen molar-refractivity contribution >= 4 is 11.7 Å². The topological polar surface area (TPSA) is 63.4 Å². The molecule has 4 nitrogen and oxygen atoms in total. The van der Waals surface area contributed by atoms with Crippen molar-refractivity contribution < 1.29 is 9.59 Å². The minimum atomic E-state index is -0.583. The highest BCUT2D eigenvalue weighted by molar-refractivity contribution is 5.98. The number of rotatable bonds is 4. The molecule has 1 aliphatic rings. The molecule has 0 spiro atoms. The van der Waals surface area contributed by atoms with Crippen molar-refractivity contribution in [2.45, 2.75) is 19.9 Å². The first kappa shape index (κ1) is 11.7. The van der Waals surface area contributed by atoms with Gasteiger partial charge in [0.15, 0.2) is 5.78 Å². The molecule has 0 saturated carbocycles. The Balaban J connectivity index is 2.89. The van der Waals surface area contributed by atoms with Crippen LogP contribution < -0.4 is 5.73 Å². The fourth-order valence-electron chi connectivity index (χ4n) is 1.56. The number of Topliss-reactive ketones (excluding diaryl/α,β-unsaturated/α-hetero) is 1. The van der Waals surface area contributed by atoms with Gasteiger partial charge in [-0.2, -0.15) is 0 Å². The van der Waals surface area contributed by atoms with Gasteiger partial charge in [0.05, 0.1) is 0 Å². The van der Waals surface area contributed by atoms with Gasteiger partial charge in [0.25, 0.3) is 5.91 Å². The lowest BCUT2D eigenvalue weighted by Gasteiger charge is -2.27. The molecule has 1 aliphatic heterocycles. The molecule has 0 aromatic carbocycles. The Bertz CT molecular complexity index is 313. The molecule has 1 unspecified atom stereocenters. The molecule has 1 amide bonds. The van der Waals surface area contributed by atoms with Gasteiger partial charge >= 0.3 is 0 Å². The van der Waals surface area contributed by atoms with Crippen LogP contribution in [0.25, 0.3) is 0 Å². The number of carbonyl (C=O) groups excluding carboxylic acids is 2. The van der Waals surface area contributed by atoms with E-state index in [0.717, 1.165) is 0 Å². The highest BCUT2D eigenvalue weighted by Crippen LogP contribution is 2.18. The first-order chi connectivity index (χ1) is 6.99. The van der Waals surface area contributed by atoms with Crippen LogP contribution in [0, 0.1) is 5.92 Å². The fraction of sp³-hybridized carbons (Fsp3) is 0.455. The van der Waals surface area contributed by atoms with E-state index in [9.17, 15) is 9.59 Å². The molecular formula is C11H16N2O2. The predicted molar refractivity (Wildman–Crippen MR) is 57.8 cm³/mol. The molecule has 1 atom stereocenters. The van der Waals surface area contributed by atoms with Crippen molar-refractivity contribution in [3.8, 4) is 0 Å². The van der Waals surface area contributed by atoms with Gasteiger partial charge in [-0.1, -0.05) is 20.4 Å². The maximum atomic E-state index is 11.8. The van der Waals surface area contributed by atoms with Crippen molar-refractivity contribution in [2.75, 3.05) is 6.54 Å². The van der Waals surface area contributed by atoms with E-state index < -0.39 is 6.04 Å². The number of hydrogen-bond donors (Lipinski definition) is 1. The number of allylic oxidation sites excluding steroid dienone is 1. The Morgan fingerprint density at radius 1 is 1.53 bits per heavy atom. The summed E-state index contributed by atoms with van der Waals surface area (Å²) >= 11 is 0. The summed E-state index contributed by atoms with van der Waals surface area (Å²) in [5.74, 6) is -0.389. The summed E-state index contributed by atoms with van der Waals surface area (Å²) in [5.41, 5.74) is 6.06. The van der Waals surface area contributed by atoms with Gasteiger partial charge < -0.3 is 5.73 Å². The Hall–Kier alpha value is -1.42. The summed E-state index contributed by atoms with van der Waals surface area (Å²) in [4.78, 5) is 24.7. The lowest BCUT2D eigenvalue weighted by Crippen LogP contribution is -2.47. The minimum absolute atomic E-state index is 0.0318. The summed E-state index contributed by atoms with van der Waals surface area (Å²) in [6, 6.07) is -0.583. The number of ketones is 1. The van der Waals surface area contributed by atoms with Gasteiger partial charge in [-0.25, -0.2) is 0 Å². The molecular weight excluding hydrogens is 192 g/mol. The normalized spacial score (nSPS) is 17.7. The number of amides is 1. The van der Waals surface area contributed by atoms with E-state index >= 15 is 0 Å². The molecule has 1 heterocycles. The van der Waals surface area contributed by atoms with Crippen molar-refractivity contribution in [1.29, 1.82) is 0 Å². The van der Waals surface area contributed by atoms with E-state index in [1.165, 1.54) is 11.0 Å². The van der Waals surface area contributed by atoms with E-state index in [1.807, 2.05) is 0 Å². The van der Waals surface area contributed by atoms with Gasteiger partial charge in [0.2, 0.25) is 0 Å². The van der Waals surface area contributed by atoms with Crippen molar-refractivity contribution in [2.24, 2.45) is 11.7 Å². The van der Waals surface area contributed by atoms with Gasteiger partial charge in [-0.3, -0.25) is 14.5 Å². The molecule has 0 aromatic heterocycles. The standard InChI is InChI=1S/C11H16N2O2/c1-7(2)11(15)9(6-12)13-8(3)4-5-10(13)14/h4-5,7,9H,3,6,12H2,1-2H3. The monoisotopic (exact) mass is 208 g/mol. The third-order valence-corrected chi connectivity index (χ3v) is 2.40. The van der Waals surface area contributed by atoms with Gasteiger partial charge in [0.1, 0.15) is 6.04 Å². The molecule has 0 fully saturated rings. The highest BCUT2D eigenvalue weighted by atomic mass is 16.2. The van der Waals surface area contributed by atoms with Crippen molar-refractivity contribution in [3.63, 3.8) is 0 Å². The SMILES string of the molecule is C=C1C=CC(=O)N1C(CN)C(=O)C(C)C. The second-order valence-electron chi connectivity index (χ2n) is 3.84. The Kier molecular flexibility index (Phi) is 3.42. The van der Waals surface area contributed by atoms with Crippen LogP contribution in [0.15, 0.2) is 24.4 Å². The highest BCUT2D eigenvalue weighted by Gasteiger charge is 2.32. The maximum absolute atomic E-state index is 11.8. The molecule has 0 aromatic rings. The average molecular weight is 208 g/mol. The van der Waals surface area contributed by atoms with Crippen molar-refractivity contribution in [1.82, 2.24) is 4.90 Å². The van der Waals surface area contributed by atoms with E-state index in [4.69, 9.17) is 5.73 Å². The minimum Gasteiger partial charge on any atom is -0.328 e. The third-order valence-electron chi connectivity index (χ3n) is 2.40. The quantitative estimate of drug-likeness (QED) is 0.729. The second kappa shape index (κ2) is 4.40. The number of carbonyl (C=O) groups is 2. The summed E-state index contributed by atoms with van der Waals surface area (Å²) in [6.07, 6.45) is 3.00. The van der Waals surface area contributed by atoms with Crippen LogP contribution in [0.1, 0.15) is 13.8 Å². The largest absolute Gasteiger partial charge is 0.328 e. The molecule has 82 valence electrons. The van der Waals surface area contributed by atoms with Gasteiger partial charge in [-0.05, 0) is 6.08 Å². The average Bonchev–Trinajstić information content (AvgIpc) is 2.50. The number of nitrogens with two attached hydrogens (primary N) is 1. The fourth-order valence-corrected chi connectivity index (χ4v) is 1.56. The van der Waals surface area contributed by atoms with E-state index in [-0.39, 0.29) is 24.2 Å². The molecule has 1 rings (SSSR count). The maximum Gasteiger partial charge on any atom is 0.251 e. The zero-order valence-corrected chi connectivity index (χ0v) is 9.06. The summed E-state index contributed by atoms with van der Waals surface area (Å²) in [7, 11) is 0. The van der Waals surface area contributed by atoms with Crippen LogP contribution >= 0.6 is 0 Å². The van der Waals surface area contributed by atoms with Crippen LogP contribution in [-0.4, -0.2) is 29.2 Å². The second-order valence-corrected chi connectivity index (χ2v) is 3.84. The van der Waals surface area contributed by atoms with Crippen LogP contribution in [-0.2, 0) is 9.59 Å². The molecule has 0 bridgehead atoms. The summed E-state index contributed by atoms with van der Waals surface area (Å²) < 4.78 is 0. The smallest absolute Gasteiger partial charge is 0.251 e. The zero-order chi connectivity index (χ0) is 11.6. The van der Waals surface area contributed by atoms with Crippen LogP contribution in [0.2, 0.25) is 0 Å². The van der Waals surface area contributed by atoms with E-state index in [0.29, 0.717) is 5.70 Å². The first-order valence-corrected chi connectivity index (χ1v) is 4.93. The molecule has 0 aliphatic carbocycles. The van der Waals surface area contributed by atoms with E-state index in [1.54, 1.807) is 19.9 Å². The Morgan fingerprint density at radius 3 is 2.47 bits per heavy atom. The third kappa shape index (κ3) is 2.15. The predicted octanol–water partition coefficient (Wildman–Crippen LogP) is 0.451. The summed E-state index contributed by atoms with van der Waals surface area (Å²) in [5, 5.41) is 0. The molecule has 4 heteroatoms. The van der Waals surface area contributed by atoms with Crippen molar-refractivity contribution in [3.05, 3.63) is 24.4 Å². The Morgan fingerprint density at radius 2 is 2.13 bits per heavy atom.